The number of halogens is 2. The maximum Gasteiger partial charge on any atom is 0.356 e. The molecule has 2 aromatic rings. The first-order valence-electron chi connectivity index (χ1n) is 8.26. The molecule has 1 fully saturated rings. The Hall–Kier alpha value is -2.90. The van der Waals surface area contributed by atoms with E-state index in [1.54, 1.807) is 0 Å². The summed E-state index contributed by atoms with van der Waals surface area (Å²) in [4.78, 5) is 32.8. The Morgan fingerprint density at radius 1 is 1.12 bits per heavy atom. The Bertz CT molecular complexity index is 821. The van der Waals surface area contributed by atoms with E-state index in [4.69, 9.17) is 5.11 Å². The molecule has 0 aliphatic heterocycles. The van der Waals surface area contributed by atoms with Crippen LogP contribution in [0.3, 0.4) is 0 Å². The van der Waals surface area contributed by atoms with Gasteiger partial charge in [0.05, 0.1) is 12.4 Å². The quantitative estimate of drug-likeness (QED) is 0.885. The fourth-order valence-electron chi connectivity index (χ4n) is 3.11. The summed E-state index contributed by atoms with van der Waals surface area (Å²) in [6, 6.07) is 3.18. The van der Waals surface area contributed by atoms with E-state index in [1.807, 2.05) is 0 Å². The number of hydrogen-bond acceptors (Lipinski definition) is 4. The van der Waals surface area contributed by atoms with Crippen molar-refractivity contribution in [1.29, 1.82) is 0 Å². The minimum absolute atomic E-state index is 0.00980. The first-order chi connectivity index (χ1) is 12.5. The van der Waals surface area contributed by atoms with Crippen molar-refractivity contribution in [1.82, 2.24) is 14.9 Å². The molecule has 8 heteroatoms. The summed E-state index contributed by atoms with van der Waals surface area (Å²) in [5, 5.41) is 8.87. The predicted octanol–water partition coefficient (Wildman–Crippen LogP) is 3.04. The van der Waals surface area contributed by atoms with E-state index in [0.717, 1.165) is 50.2 Å². The smallest absolute Gasteiger partial charge is 0.356 e. The normalized spacial score (nSPS) is 14.4. The van der Waals surface area contributed by atoms with Gasteiger partial charge >= 0.3 is 5.97 Å². The topological polar surface area (TPSA) is 83.4 Å². The van der Waals surface area contributed by atoms with Gasteiger partial charge in [0.1, 0.15) is 17.3 Å². The molecule has 1 aromatic carbocycles. The second kappa shape index (κ2) is 7.55. The molecule has 1 saturated carbocycles. The molecule has 1 N–H and O–H groups in total. The SMILES string of the molecule is O=C(O)c1cnc(C(=O)N(Cc2ccc(F)cc2F)C2CCCC2)cn1. The third-order valence-electron chi connectivity index (χ3n) is 4.47. The standard InChI is InChI=1S/C18H17F2N3O3/c19-12-6-5-11(14(20)7-12)10-23(13-3-1-2-4-13)17(24)15-8-22-16(9-21-15)18(25)26/h5-9,13H,1-4,10H2,(H,25,26). The molecule has 0 spiro atoms. The second-order valence-corrected chi connectivity index (χ2v) is 6.20. The molecule has 1 aliphatic rings. The number of aromatic carboxylic acids is 1. The summed E-state index contributed by atoms with van der Waals surface area (Å²) in [6.45, 7) is -0.0159. The summed E-state index contributed by atoms with van der Waals surface area (Å²) >= 11 is 0. The van der Waals surface area contributed by atoms with E-state index < -0.39 is 23.5 Å². The van der Waals surface area contributed by atoms with E-state index >= 15 is 0 Å². The number of hydrogen-bond donors (Lipinski definition) is 1. The summed E-state index contributed by atoms with van der Waals surface area (Å²) in [5.41, 5.74) is -0.0651. The van der Waals surface area contributed by atoms with Crippen molar-refractivity contribution >= 4 is 11.9 Å². The van der Waals surface area contributed by atoms with Crippen molar-refractivity contribution in [2.75, 3.05) is 0 Å². The zero-order valence-corrected chi connectivity index (χ0v) is 13.9. The molecule has 0 unspecified atom stereocenters. The number of carbonyl (C=O) groups is 2. The molecule has 0 radical (unpaired) electrons. The van der Waals surface area contributed by atoms with Gasteiger partial charge in [-0.2, -0.15) is 0 Å². The number of carbonyl (C=O) groups excluding carboxylic acids is 1. The lowest BCUT2D eigenvalue weighted by molar-refractivity contribution is 0.0648. The molecule has 1 amide bonds. The molecule has 1 heterocycles. The van der Waals surface area contributed by atoms with Crippen molar-refractivity contribution < 1.29 is 23.5 Å². The third-order valence-corrected chi connectivity index (χ3v) is 4.47. The molecular formula is C18H17F2N3O3. The molecule has 136 valence electrons. The molecule has 0 saturated heterocycles. The highest BCUT2D eigenvalue weighted by atomic mass is 19.1. The minimum Gasteiger partial charge on any atom is -0.476 e. The molecule has 3 rings (SSSR count). The number of aromatic nitrogens is 2. The van der Waals surface area contributed by atoms with Crippen LogP contribution < -0.4 is 0 Å². The number of nitrogens with zero attached hydrogens (tertiary/aromatic N) is 3. The van der Waals surface area contributed by atoms with E-state index in [1.165, 1.54) is 11.0 Å². The molecular weight excluding hydrogens is 344 g/mol. The van der Waals surface area contributed by atoms with Gasteiger partial charge < -0.3 is 10.0 Å². The van der Waals surface area contributed by atoms with Crippen LogP contribution in [-0.4, -0.2) is 37.9 Å². The van der Waals surface area contributed by atoms with E-state index in [0.29, 0.717) is 0 Å². The molecule has 0 bridgehead atoms. The average molecular weight is 361 g/mol. The van der Waals surface area contributed by atoms with Gasteiger partial charge in [-0.1, -0.05) is 18.9 Å². The first-order valence-corrected chi connectivity index (χ1v) is 8.26. The van der Waals surface area contributed by atoms with Crippen LogP contribution in [0.15, 0.2) is 30.6 Å². The van der Waals surface area contributed by atoms with Gasteiger partial charge in [0.15, 0.2) is 5.69 Å². The van der Waals surface area contributed by atoms with E-state index in [2.05, 4.69) is 9.97 Å². The van der Waals surface area contributed by atoms with Crippen LogP contribution >= 0.6 is 0 Å². The van der Waals surface area contributed by atoms with Crippen LogP contribution in [-0.2, 0) is 6.54 Å². The summed E-state index contributed by atoms with van der Waals surface area (Å²) in [7, 11) is 0. The lowest BCUT2D eigenvalue weighted by Gasteiger charge is -2.29. The van der Waals surface area contributed by atoms with Crippen molar-refractivity contribution in [3.05, 3.63) is 59.2 Å². The van der Waals surface area contributed by atoms with Crippen LogP contribution in [0.25, 0.3) is 0 Å². The van der Waals surface area contributed by atoms with Crippen molar-refractivity contribution in [3.8, 4) is 0 Å². The fourth-order valence-corrected chi connectivity index (χ4v) is 3.11. The van der Waals surface area contributed by atoms with Gasteiger partial charge in [-0.3, -0.25) is 4.79 Å². The Balaban J connectivity index is 1.87. The summed E-state index contributed by atoms with van der Waals surface area (Å²) in [5.74, 6) is -3.09. The largest absolute Gasteiger partial charge is 0.476 e. The maximum absolute atomic E-state index is 14.0. The highest BCUT2D eigenvalue weighted by Gasteiger charge is 2.29. The van der Waals surface area contributed by atoms with Crippen LogP contribution in [0.4, 0.5) is 8.78 Å². The van der Waals surface area contributed by atoms with Crippen molar-refractivity contribution in [2.24, 2.45) is 0 Å². The first kappa shape index (κ1) is 17.9. The molecule has 1 aromatic heterocycles. The monoisotopic (exact) mass is 361 g/mol. The lowest BCUT2D eigenvalue weighted by Crippen LogP contribution is -2.39. The maximum atomic E-state index is 14.0. The van der Waals surface area contributed by atoms with Gasteiger partial charge in [-0.15, -0.1) is 0 Å². The highest BCUT2D eigenvalue weighted by Crippen LogP contribution is 2.27. The average Bonchev–Trinajstić information content (AvgIpc) is 3.15. The number of rotatable bonds is 5. The van der Waals surface area contributed by atoms with Crippen LogP contribution in [0, 0.1) is 11.6 Å². The van der Waals surface area contributed by atoms with Crippen molar-refractivity contribution in [2.45, 2.75) is 38.3 Å². The van der Waals surface area contributed by atoms with Gasteiger partial charge in [-0.05, 0) is 18.9 Å². The summed E-state index contributed by atoms with van der Waals surface area (Å²) in [6.07, 6.45) is 5.62. The van der Waals surface area contributed by atoms with Crippen LogP contribution in [0.1, 0.15) is 52.2 Å². The van der Waals surface area contributed by atoms with Gasteiger partial charge in [0.25, 0.3) is 5.91 Å². The van der Waals surface area contributed by atoms with E-state index in [9.17, 15) is 18.4 Å². The fraction of sp³-hybridized carbons (Fsp3) is 0.333. The highest BCUT2D eigenvalue weighted by molar-refractivity contribution is 5.93. The van der Waals surface area contributed by atoms with E-state index in [-0.39, 0.29) is 29.5 Å². The minimum atomic E-state index is -1.24. The van der Waals surface area contributed by atoms with Crippen LogP contribution in [0.5, 0.6) is 0 Å². The van der Waals surface area contributed by atoms with Gasteiger partial charge in [0.2, 0.25) is 0 Å². The third kappa shape index (κ3) is 3.84. The van der Waals surface area contributed by atoms with Crippen molar-refractivity contribution in [3.63, 3.8) is 0 Å². The van der Waals surface area contributed by atoms with Crippen LogP contribution in [0.2, 0.25) is 0 Å². The molecule has 1 aliphatic carbocycles. The second-order valence-electron chi connectivity index (χ2n) is 6.20. The number of carboxylic acid groups (broad SMARTS) is 1. The Labute approximate surface area is 148 Å². The number of amides is 1. The molecule has 6 nitrogen and oxygen atoms in total. The lowest BCUT2D eigenvalue weighted by atomic mass is 10.1. The number of carboxylic acids is 1. The Morgan fingerprint density at radius 2 is 1.77 bits per heavy atom. The number of benzene rings is 1. The Kier molecular flexibility index (Phi) is 5.20. The zero-order chi connectivity index (χ0) is 18.7. The Morgan fingerprint density at radius 3 is 2.35 bits per heavy atom. The molecule has 0 atom stereocenters. The predicted molar refractivity (Wildman–Crippen MR) is 87.5 cm³/mol. The summed E-state index contributed by atoms with van der Waals surface area (Å²) < 4.78 is 27.2. The molecule has 26 heavy (non-hydrogen) atoms. The zero-order valence-electron chi connectivity index (χ0n) is 13.9. The van der Waals surface area contributed by atoms with Gasteiger partial charge in [0, 0.05) is 24.2 Å². The van der Waals surface area contributed by atoms with Gasteiger partial charge in [-0.25, -0.2) is 23.5 Å².